The Morgan fingerprint density at radius 3 is 2.19 bits per heavy atom. The summed E-state index contributed by atoms with van der Waals surface area (Å²) in [4.78, 5) is 15.2. The Morgan fingerprint density at radius 2 is 1.59 bits per heavy atom. The molecule has 144 valence electrons. The molecule has 0 radical (unpaired) electrons. The van der Waals surface area contributed by atoms with Gasteiger partial charge in [-0.05, 0) is 36.1 Å². The van der Waals surface area contributed by atoms with Crippen molar-refractivity contribution in [3.8, 4) is 0 Å². The molecular weight excluding hydrogens is 336 g/mol. The van der Waals surface area contributed by atoms with Crippen LogP contribution in [0.3, 0.4) is 0 Å². The number of nitrogens with one attached hydrogen (secondary N) is 1. The second kappa shape index (κ2) is 9.16. The number of carbonyl (C=O) groups is 1. The average molecular weight is 367 g/mol. The van der Waals surface area contributed by atoms with Crippen LogP contribution in [0.25, 0.3) is 0 Å². The molecule has 3 rings (SSSR count). The van der Waals surface area contributed by atoms with Crippen molar-refractivity contribution in [1.82, 2.24) is 10.2 Å². The molecule has 4 nitrogen and oxygen atoms in total. The average Bonchev–Trinajstić information content (AvgIpc) is 2.69. The van der Waals surface area contributed by atoms with Crippen LogP contribution in [0.5, 0.6) is 0 Å². The lowest BCUT2D eigenvalue weighted by Gasteiger charge is -2.31. The van der Waals surface area contributed by atoms with Crippen molar-refractivity contribution < 1.29 is 9.53 Å². The third kappa shape index (κ3) is 5.41. The molecule has 1 N–H and O–H groups in total. The van der Waals surface area contributed by atoms with Crippen LogP contribution in [0.1, 0.15) is 52.9 Å². The summed E-state index contributed by atoms with van der Waals surface area (Å²) in [6.07, 6.45) is 0. The summed E-state index contributed by atoms with van der Waals surface area (Å²) < 4.78 is 5.45. The van der Waals surface area contributed by atoms with Crippen molar-refractivity contribution in [1.29, 1.82) is 0 Å². The van der Waals surface area contributed by atoms with Gasteiger partial charge in [-0.3, -0.25) is 9.69 Å². The van der Waals surface area contributed by atoms with Crippen LogP contribution in [0.4, 0.5) is 0 Å². The zero-order chi connectivity index (χ0) is 19.2. The van der Waals surface area contributed by atoms with Gasteiger partial charge in [0.25, 0.3) is 5.91 Å². The van der Waals surface area contributed by atoms with Crippen molar-refractivity contribution in [3.63, 3.8) is 0 Å². The number of ether oxygens (including phenoxy) is 1. The molecule has 1 unspecified atom stereocenters. The quantitative estimate of drug-likeness (QED) is 0.842. The summed E-state index contributed by atoms with van der Waals surface area (Å²) in [5.74, 6) is 0.438. The highest BCUT2D eigenvalue weighted by atomic mass is 16.5. The van der Waals surface area contributed by atoms with Gasteiger partial charge in [0.1, 0.15) is 0 Å². The number of nitrogens with zero attached hydrogens (tertiary/aromatic N) is 1. The van der Waals surface area contributed by atoms with Crippen LogP contribution in [0, 0.1) is 6.92 Å². The topological polar surface area (TPSA) is 41.6 Å². The molecule has 0 aromatic heterocycles. The van der Waals surface area contributed by atoms with Gasteiger partial charge in [-0.25, -0.2) is 0 Å². The highest BCUT2D eigenvalue weighted by Gasteiger charge is 2.21. The maximum atomic E-state index is 12.9. The zero-order valence-electron chi connectivity index (χ0n) is 16.6. The first kappa shape index (κ1) is 19.6. The van der Waals surface area contributed by atoms with E-state index >= 15 is 0 Å². The molecule has 0 saturated carbocycles. The van der Waals surface area contributed by atoms with Gasteiger partial charge >= 0.3 is 0 Å². The Morgan fingerprint density at radius 1 is 1.00 bits per heavy atom. The monoisotopic (exact) mass is 366 g/mol. The molecule has 4 heteroatoms. The Hall–Kier alpha value is -2.17. The minimum Gasteiger partial charge on any atom is -0.379 e. The van der Waals surface area contributed by atoms with E-state index in [2.05, 4.69) is 55.3 Å². The number of rotatable bonds is 6. The molecule has 1 heterocycles. The van der Waals surface area contributed by atoms with Crippen LogP contribution in [0.2, 0.25) is 0 Å². The zero-order valence-corrected chi connectivity index (χ0v) is 16.6. The molecular formula is C23H30N2O2. The maximum Gasteiger partial charge on any atom is 0.251 e. The summed E-state index contributed by atoms with van der Waals surface area (Å²) in [6, 6.07) is 16.3. The van der Waals surface area contributed by atoms with Gasteiger partial charge in [-0.1, -0.05) is 55.8 Å². The van der Waals surface area contributed by atoms with E-state index in [0.29, 0.717) is 11.5 Å². The SMILES string of the molecule is Cc1ccc(C(CN2CCOCC2)NC(=O)c2ccc(C(C)C)cc2)cc1. The fourth-order valence-corrected chi connectivity index (χ4v) is 3.34. The van der Waals surface area contributed by atoms with E-state index < -0.39 is 0 Å². The van der Waals surface area contributed by atoms with Crippen LogP contribution >= 0.6 is 0 Å². The van der Waals surface area contributed by atoms with E-state index in [9.17, 15) is 4.79 Å². The number of benzene rings is 2. The molecule has 1 saturated heterocycles. The Kier molecular flexibility index (Phi) is 6.64. The van der Waals surface area contributed by atoms with Crippen molar-refractivity contribution >= 4 is 5.91 Å². The molecule has 1 aliphatic rings. The van der Waals surface area contributed by atoms with E-state index in [1.165, 1.54) is 11.1 Å². The first-order valence-electron chi connectivity index (χ1n) is 9.80. The maximum absolute atomic E-state index is 12.9. The number of carbonyl (C=O) groups excluding carboxylic acids is 1. The Labute approximate surface area is 162 Å². The van der Waals surface area contributed by atoms with Crippen molar-refractivity contribution in [2.45, 2.75) is 32.7 Å². The van der Waals surface area contributed by atoms with Crippen LogP contribution in [-0.2, 0) is 4.74 Å². The minimum absolute atomic E-state index is 0.0239. The second-order valence-electron chi connectivity index (χ2n) is 7.63. The van der Waals surface area contributed by atoms with E-state index in [0.717, 1.165) is 38.4 Å². The fraction of sp³-hybridized carbons (Fsp3) is 0.435. The predicted molar refractivity (Wildman–Crippen MR) is 109 cm³/mol. The molecule has 1 fully saturated rings. The molecule has 2 aromatic carbocycles. The first-order valence-corrected chi connectivity index (χ1v) is 9.80. The normalized spacial score (nSPS) is 16.3. The number of aryl methyl sites for hydroxylation is 1. The largest absolute Gasteiger partial charge is 0.379 e. The molecule has 0 bridgehead atoms. The van der Waals surface area contributed by atoms with Gasteiger partial charge in [0.15, 0.2) is 0 Å². The van der Waals surface area contributed by atoms with Gasteiger partial charge in [0.2, 0.25) is 0 Å². The van der Waals surface area contributed by atoms with Crippen molar-refractivity contribution in [2.24, 2.45) is 0 Å². The molecule has 1 atom stereocenters. The molecule has 27 heavy (non-hydrogen) atoms. The van der Waals surface area contributed by atoms with Crippen LogP contribution in [-0.4, -0.2) is 43.7 Å². The van der Waals surface area contributed by atoms with E-state index in [1.807, 2.05) is 24.3 Å². The third-order valence-electron chi connectivity index (χ3n) is 5.17. The van der Waals surface area contributed by atoms with Gasteiger partial charge in [0.05, 0.1) is 19.3 Å². The second-order valence-corrected chi connectivity index (χ2v) is 7.63. The third-order valence-corrected chi connectivity index (χ3v) is 5.17. The Bertz CT molecular complexity index is 732. The highest BCUT2D eigenvalue weighted by molar-refractivity contribution is 5.94. The van der Waals surface area contributed by atoms with Gasteiger partial charge in [-0.15, -0.1) is 0 Å². The fourth-order valence-electron chi connectivity index (χ4n) is 3.34. The number of amides is 1. The van der Waals surface area contributed by atoms with Gasteiger partial charge in [-0.2, -0.15) is 0 Å². The summed E-state index contributed by atoms with van der Waals surface area (Å²) in [5.41, 5.74) is 4.31. The summed E-state index contributed by atoms with van der Waals surface area (Å²) in [6.45, 7) is 10.5. The number of morpholine rings is 1. The van der Waals surface area contributed by atoms with Crippen molar-refractivity contribution in [3.05, 3.63) is 70.8 Å². The van der Waals surface area contributed by atoms with E-state index in [4.69, 9.17) is 4.74 Å². The summed E-state index contributed by atoms with van der Waals surface area (Å²) >= 11 is 0. The number of hydrogen-bond donors (Lipinski definition) is 1. The number of hydrogen-bond acceptors (Lipinski definition) is 3. The van der Waals surface area contributed by atoms with Crippen LogP contribution < -0.4 is 5.32 Å². The standard InChI is InChI=1S/C23H30N2O2/c1-17(2)19-8-10-21(11-9-19)23(26)24-22(16-25-12-14-27-15-13-25)20-6-4-18(3)5-7-20/h4-11,17,22H,12-16H2,1-3H3,(H,24,26). The first-order chi connectivity index (χ1) is 13.0. The molecule has 2 aromatic rings. The highest BCUT2D eigenvalue weighted by Crippen LogP contribution is 2.19. The summed E-state index contributed by atoms with van der Waals surface area (Å²) in [5, 5.41) is 3.24. The Balaban J connectivity index is 1.74. The molecule has 0 spiro atoms. The lowest BCUT2D eigenvalue weighted by atomic mass is 10.0. The molecule has 1 aliphatic heterocycles. The lowest BCUT2D eigenvalue weighted by molar-refractivity contribution is 0.0332. The lowest BCUT2D eigenvalue weighted by Crippen LogP contribution is -2.43. The summed E-state index contributed by atoms with van der Waals surface area (Å²) in [7, 11) is 0. The van der Waals surface area contributed by atoms with Crippen molar-refractivity contribution in [2.75, 3.05) is 32.8 Å². The molecule has 0 aliphatic carbocycles. The molecule has 1 amide bonds. The van der Waals surface area contributed by atoms with E-state index in [1.54, 1.807) is 0 Å². The van der Waals surface area contributed by atoms with Gasteiger partial charge < -0.3 is 10.1 Å². The van der Waals surface area contributed by atoms with E-state index in [-0.39, 0.29) is 11.9 Å². The van der Waals surface area contributed by atoms with Crippen LogP contribution in [0.15, 0.2) is 48.5 Å². The minimum atomic E-state index is -0.0408. The van der Waals surface area contributed by atoms with Gasteiger partial charge in [0, 0.05) is 25.2 Å². The smallest absolute Gasteiger partial charge is 0.251 e. The predicted octanol–water partition coefficient (Wildman–Crippen LogP) is 3.92.